The maximum Gasteiger partial charge on any atom is 0.0893 e. The molecule has 3 heteroatoms. The van der Waals surface area contributed by atoms with Crippen LogP contribution in [0.2, 0.25) is 0 Å². The molecule has 0 saturated carbocycles. The van der Waals surface area contributed by atoms with Crippen molar-refractivity contribution in [2.45, 2.75) is 26.9 Å². The summed E-state index contributed by atoms with van der Waals surface area (Å²) in [4.78, 5) is 2.11. The van der Waals surface area contributed by atoms with E-state index in [2.05, 4.69) is 70.1 Å². The third-order valence-corrected chi connectivity index (χ3v) is 6.28. The van der Waals surface area contributed by atoms with Crippen LogP contribution in [0.4, 0.5) is 5.69 Å². The molecule has 0 spiro atoms. The molecule has 1 aliphatic heterocycles. The van der Waals surface area contributed by atoms with Gasteiger partial charge in [-0.25, -0.2) is 0 Å². The predicted octanol–water partition coefficient (Wildman–Crippen LogP) is 3.65. The lowest BCUT2D eigenvalue weighted by Crippen LogP contribution is -2.53. The number of benzene rings is 1. The summed E-state index contributed by atoms with van der Waals surface area (Å²) in [7, 11) is 4.11. The Labute approximate surface area is 140 Å². The second kappa shape index (κ2) is 5.95. The number of allylic oxidation sites excluding steroid dienone is 1. The van der Waals surface area contributed by atoms with Crippen molar-refractivity contribution < 1.29 is 9.84 Å². The van der Waals surface area contributed by atoms with Crippen molar-refractivity contribution in [1.82, 2.24) is 0 Å². The molecule has 23 heavy (non-hydrogen) atoms. The highest BCUT2D eigenvalue weighted by atomic mass is 16.5. The summed E-state index contributed by atoms with van der Waals surface area (Å²) in [6.45, 7) is 7.54. The molecule has 1 N–H and O–H groups in total. The molecule has 1 aromatic carbocycles. The molecule has 1 aliphatic carbocycles. The van der Waals surface area contributed by atoms with E-state index in [0.29, 0.717) is 24.4 Å². The van der Waals surface area contributed by atoms with Crippen LogP contribution in [0.1, 0.15) is 32.4 Å². The average molecular weight is 315 g/mol. The summed E-state index contributed by atoms with van der Waals surface area (Å²) in [5.74, 6) is 1.12. The van der Waals surface area contributed by atoms with Gasteiger partial charge in [0.05, 0.1) is 19.3 Å². The van der Waals surface area contributed by atoms with Crippen molar-refractivity contribution in [2.75, 3.05) is 32.2 Å². The number of aliphatic hydroxyl groups is 1. The summed E-state index contributed by atoms with van der Waals surface area (Å²) in [6.07, 6.45) is 2.44. The molecule has 1 heterocycles. The van der Waals surface area contributed by atoms with Gasteiger partial charge in [0, 0.05) is 31.1 Å². The van der Waals surface area contributed by atoms with Gasteiger partial charge in [0.25, 0.3) is 0 Å². The number of nitrogens with zero attached hydrogens (tertiary/aromatic N) is 1. The zero-order chi connectivity index (χ0) is 16.8. The second-order valence-corrected chi connectivity index (χ2v) is 7.62. The van der Waals surface area contributed by atoms with Gasteiger partial charge in [-0.1, -0.05) is 37.6 Å². The van der Waals surface area contributed by atoms with Crippen LogP contribution in [0.15, 0.2) is 35.9 Å². The lowest BCUT2D eigenvalue weighted by molar-refractivity contribution is -0.165. The monoisotopic (exact) mass is 315 g/mol. The van der Waals surface area contributed by atoms with E-state index < -0.39 is 0 Å². The Hall–Kier alpha value is -1.32. The summed E-state index contributed by atoms with van der Waals surface area (Å²) < 4.78 is 6.32. The lowest BCUT2D eigenvalue weighted by atomic mass is 9.56. The van der Waals surface area contributed by atoms with Crippen molar-refractivity contribution in [1.29, 1.82) is 0 Å². The van der Waals surface area contributed by atoms with Crippen LogP contribution >= 0.6 is 0 Å². The number of rotatable bonds is 3. The molecule has 1 fully saturated rings. The Kier molecular flexibility index (Phi) is 4.28. The van der Waals surface area contributed by atoms with Crippen molar-refractivity contribution >= 4 is 5.69 Å². The third-order valence-electron chi connectivity index (χ3n) is 6.28. The minimum absolute atomic E-state index is 0.0876. The molecule has 2 aliphatic rings. The summed E-state index contributed by atoms with van der Waals surface area (Å²) >= 11 is 0. The van der Waals surface area contributed by atoms with E-state index in [-0.39, 0.29) is 18.1 Å². The highest BCUT2D eigenvalue weighted by Crippen LogP contribution is 2.55. The summed E-state index contributed by atoms with van der Waals surface area (Å²) in [5.41, 5.74) is 3.70. The van der Waals surface area contributed by atoms with Crippen LogP contribution in [0.5, 0.6) is 0 Å². The fourth-order valence-electron chi connectivity index (χ4n) is 4.55. The number of ether oxygens (including phenoxy) is 1. The van der Waals surface area contributed by atoms with Crippen LogP contribution in [0.3, 0.4) is 0 Å². The Morgan fingerprint density at radius 2 is 1.87 bits per heavy atom. The fraction of sp³-hybridized carbons (Fsp3) is 0.600. The Balaban J connectivity index is 1.95. The number of fused-ring (bicyclic) bond motifs is 2. The minimum atomic E-state index is -0.135. The normalized spacial score (nSPS) is 36.5. The highest BCUT2D eigenvalue weighted by Gasteiger charge is 2.53. The van der Waals surface area contributed by atoms with E-state index in [9.17, 15) is 5.11 Å². The minimum Gasteiger partial charge on any atom is -0.396 e. The predicted molar refractivity (Wildman–Crippen MR) is 94.6 cm³/mol. The van der Waals surface area contributed by atoms with E-state index >= 15 is 0 Å². The van der Waals surface area contributed by atoms with Gasteiger partial charge in [-0.3, -0.25) is 0 Å². The van der Waals surface area contributed by atoms with Crippen LogP contribution < -0.4 is 4.90 Å². The topological polar surface area (TPSA) is 32.7 Å². The smallest absolute Gasteiger partial charge is 0.0893 e. The molecule has 0 aromatic heterocycles. The quantitative estimate of drug-likeness (QED) is 0.864. The number of anilines is 1. The zero-order valence-electron chi connectivity index (χ0n) is 14.9. The number of hydrogen-bond acceptors (Lipinski definition) is 3. The molecule has 1 aromatic rings. The van der Waals surface area contributed by atoms with Crippen LogP contribution in [0, 0.1) is 23.2 Å². The molecule has 126 valence electrons. The van der Waals surface area contributed by atoms with Crippen molar-refractivity contribution in [2.24, 2.45) is 23.2 Å². The highest BCUT2D eigenvalue weighted by molar-refractivity contribution is 5.46. The molecular formula is C20H29NO2. The molecule has 2 bridgehead atoms. The van der Waals surface area contributed by atoms with Gasteiger partial charge in [-0.2, -0.15) is 0 Å². The van der Waals surface area contributed by atoms with Gasteiger partial charge in [0.15, 0.2) is 0 Å². The molecule has 3 nitrogen and oxygen atoms in total. The molecular weight excluding hydrogens is 286 g/mol. The maximum atomic E-state index is 10.1. The van der Waals surface area contributed by atoms with E-state index in [4.69, 9.17) is 4.74 Å². The first-order valence-electron chi connectivity index (χ1n) is 8.59. The van der Waals surface area contributed by atoms with Gasteiger partial charge in [-0.05, 0) is 36.5 Å². The van der Waals surface area contributed by atoms with Crippen molar-refractivity contribution in [3.63, 3.8) is 0 Å². The van der Waals surface area contributed by atoms with E-state index in [1.54, 1.807) is 0 Å². The third kappa shape index (κ3) is 2.50. The lowest BCUT2D eigenvalue weighted by Gasteiger charge is -2.55. The molecule has 0 amide bonds. The van der Waals surface area contributed by atoms with E-state index in [1.165, 1.54) is 16.8 Å². The largest absolute Gasteiger partial charge is 0.396 e. The van der Waals surface area contributed by atoms with E-state index in [0.717, 1.165) is 0 Å². The van der Waals surface area contributed by atoms with E-state index in [1.807, 2.05) is 0 Å². The van der Waals surface area contributed by atoms with Crippen LogP contribution in [-0.4, -0.2) is 32.4 Å². The Bertz CT molecular complexity index is 592. The summed E-state index contributed by atoms with van der Waals surface area (Å²) in [6, 6.07) is 8.68. The average Bonchev–Trinajstić information content (AvgIpc) is 2.53. The maximum absolute atomic E-state index is 10.1. The van der Waals surface area contributed by atoms with Crippen molar-refractivity contribution in [3.8, 4) is 0 Å². The van der Waals surface area contributed by atoms with Crippen LogP contribution in [0.25, 0.3) is 0 Å². The first-order chi connectivity index (χ1) is 10.9. The molecule has 1 saturated heterocycles. The van der Waals surface area contributed by atoms with Gasteiger partial charge in [0.2, 0.25) is 0 Å². The van der Waals surface area contributed by atoms with Crippen molar-refractivity contribution in [3.05, 3.63) is 41.5 Å². The number of hydrogen-bond donors (Lipinski definition) is 1. The summed E-state index contributed by atoms with van der Waals surface area (Å²) in [5, 5.41) is 10.1. The first-order valence-corrected chi connectivity index (χ1v) is 8.59. The second-order valence-electron chi connectivity index (χ2n) is 7.62. The first kappa shape index (κ1) is 16.5. The Morgan fingerprint density at radius 3 is 2.43 bits per heavy atom. The van der Waals surface area contributed by atoms with Gasteiger partial charge in [-0.15, -0.1) is 0 Å². The molecule has 0 unspecified atom stereocenters. The molecule has 0 radical (unpaired) electrons. The zero-order valence-corrected chi connectivity index (χ0v) is 14.9. The van der Waals surface area contributed by atoms with Gasteiger partial charge in [0.1, 0.15) is 0 Å². The van der Waals surface area contributed by atoms with Gasteiger partial charge < -0.3 is 14.7 Å². The molecule has 5 atom stereocenters. The number of aliphatic hydroxyl groups excluding tert-OH is 1. The van der Waals surface area contributed by atoms with Crippen LogP contribution in [-0.2, 0) is 4.74 Å². The fourth-order valence-corrected chi connectivity index (χ4v) is 4.55. The molecule has 3 rings (SSSR count). The van der Waals surface area contributed by atoms with Gasteiger partial charge >= 0.3 is 0 Å². The SMILES string of the molecule is CC1=C[C@@H](C)[C@@]2(CO)CO[C@H](c3ccc(N(C)C)cc3)[C@@H]1[C@H]2C. The standard InChI is InChI=1S/C20H29NO2/c1-13-10-14(2)20(11-22)12-23-19(18(13)15(20)3)16-6-8-17(9-7-16)21(4)5/h6-10,14-15,18-19,22H,11-12H2,1-5H3/t14-,15-,18+,19-,20-/m1/s1. The Morgan fingerprint density at radius 1 is 1.22 bits per heavy atom.